The Bertz CT molecular complexity index is 1370. The Balaban J connectivity index is 1.35. The zero-order valence-electron chi connectivity index (χ0n) is 21.1. The summed E-state index contributed by atoms with van der Waals surface area (Å²) in [6, 6.07) is 3.12. The fourth-order valence-electron chi connectivity index (χ4n) is 4.39. The molecule has 3 N–H and O–H groups in total. The Kier molecular flexibility index (Phi) is 8.15. The number of anilines is 1. The number of carbonyl (C=O) groups is 1. The number of carbonyl (C=O) groups excluding carboxylic acids is 1. The lowest BCUT2D eigenvalue weighted by Crippen LogP contribution is -2.39. The van der Waals surface area contributed by atoms with Crippen LogP contribution in [0.3, 0.4) is 0 Å². The van der Waals surface area contributed by atoms with Crippen LogP contribution in [0.15, 0.2) is 36.9 Å². The van der Waals surface area contributed by atoms with Gasteiger partial charge in [-0.1, -0.05) is 6.42 Å². The third-order valence-electron chi connectivity index (χ3n) is 6.46. The van der Waals surface area contributed by atoms with Crippen LogP contribution >= 0.6 is 11.3 Å². The molecule has 1 aliphatic carbocycles. The van der Waals surface area contributed by atoms with Gasteiger partial charge in [0.15, 0.2) is 5.01 Å². The minimum Gasteiger partial charge on any atom is -0.477 e. The van der Waals surface area contributed by atoms with Gasteiger partial charge in [0.2, 0.25) is 15.9 Å². The van der Waals surface area contributed by atoms with Crippen LogP contribution in [0.1, 0.15) is 67.0 Å². The molecule has 2 fully saturated rings. The van der Waals surface area contributed by atoms with E-state index in [9.17, 15) is 13.2 Å². The summed E-state index contributed by atoms with van der Waals surface area (Å²) in [7, 11) is -3.41. The smallest absolute Gasteiger partial charge is 0.280 e. The molecule has 5 rings (SSSR count). The van der Waals surface area contributed by atoms with Crippen LogP contribution in [0.5, 0.6) is 5.88 Å². The molecular weight excluding hydrogens is 526 g/mol. The number of thiazole rings is 1. The van der Waals surface area contributed by atoms with E-state index in [0.717, 1.165) is 25.8 Å². The van der Waals surface area contributed by atoms with Gasteiger partial charge in [-0.3, -0.25) is 19.5 Å². The van der Waals surface area contributed by atoms with Crippen molar-refractivity contribution in [2.24, 2.45) is 0 Å². The van der Waals surface area contributed by atoms with E-state index in [1.807, 2.05) is 6.92 Å². The van der Waals surface area contributed by atoms with E-state index >= 15 is 0 Å². The first kappa shape index (κ1) is 26.4. The molecule has 11 nitrogen and oxygen atoms in total. The second-order valence-electron chi connectivity index (χ2n) is 9.43. The predicted molar refractivity (Wildman–Crippen MR) is 145 cm³/mol. The first-order valence-corrected chi connectivity index (χ1v) is 15.2. The lowest BCUT2D eigenvalue weighted by molar-refractivity contribution is 0.0929. The fourth-order valence-corrected chi connectivity index (χ4v) is 6.55. The first-order chi connectivity index (χ1) is 18.4. The van der Waals surface area contributed by atoms with E-state index in [-0.39, 0.29) is 22.2 Å². The van der Waals surface area contributed by atoms with Gasteiger partial charge in [0.25, 0.3) is 5.91 Å². The summed E-state index contributed by atoms with van der Waals surface area (Å²) in [5.74, 6) is 0.0782. The second kappa shape index (κ2) is 11.7. The zero-order valence-corrected chi connectivity index (χ0v) is 22.7. The molecule has 1 saturated carbocycles. The number of hydrogen-bond donors (Lipinski definition) is 3. The molecule has 0 unspecified atom stereocenters. The third-order valence-corrected chi connectivity index (χ3v) is 9.34. The van der Waals surface area contributed by atoms with Crippen molar-refractivity contribution >= 4 is 33.0 Å². The van der Waals surface area contributed by atoms with Gasteiger partial charge in [0.05, 0.1) is 46.6 Å². The summed E-state index contributed by atoms with van der Waals surface area (Å²) >= 11 is 1.22. The molecule has 13 heteroatoms. The van der Waals surface area contributed by atoms with Gasteiger partial charge in [-0.15, -0.1) is 11.3 Å². The molecule has 0 aromatic carbocycles. The lowest BCUT2D eigenvalue weighted by Gasteiger charge is -2.28. The van der Waals surface area contributed by atoms with Crippen LogP contribution in [0, 0.1) is 0 Å². The lowest BCUT2D eigenvalue weighted by atomic mass is 9.96. The van der Waals surface area contributed by atoms with Crippen molar-refractivity contribution in [3.63, 3.8) is 0 Å². The van der Waals surface area contributed by atoms with Crippen molar-refractivity contribution in [2.45, 2.75) is 62.8 Å². The van der Waals surface area contributed by atoms with Gasteiger partial charge in [-0.25, -0.2) is 18.4 Å². The van der Waals surface area contributed by atoms with Gasteiger partial charge in [-0.2, -0.15) is 0 Å². The molecule has 2 aliphatic rings. The normalized spacial score (nSPS) is 18.5. The number of piperidine rings is 1. The molecule has 202 valence electrons. The molecule has 0 spiro atoms. The maximum Gasteiger partial charge on any atom is 0.280 e. The number of nitrogens with one attached hydrogen (secondary N) is 3. The van der Waals surface area contributed by atoms with E-state index in [2.05, 4.69) is 35.3 Å². The van der Waals surface area contributed by atoms with Crippen LogP contribution in [0.4, 0.5) is 5.69 Å². The summed E-state index contributed by atoms with van der Waals surface area (Å²) in [5.41, 5.74) is 1.61. The minimum absolute atomic E-state index is 0.214. The molecule has 1 aliphatic heterocycles. The number of pyridine rings is 1. The molecule has 0 bridgehead atoms. The Morgan fingerprint density at radius 1 is 1.21 bits per heavy atom. The number of nitrogens with zero attached hydrogens (tertiary/aromatic N) is 4. The molecule has 4 heterocycles. The fraction of sp³-hybridized carbons (Fsp3) is 0.480. The number of rotatable bonds is 11. The maximum atomic E-state index is 13.3. The van der Waals surface area contributed by atoms with Gasteiger partial charge >= 0.3 is 0 Å². The van der Waals surface area contributed by atoms with Gasteiger partial charge < -0.3 is 15.4 Å². The topological polar surface area (TPSA) is 148 Å². The minimum atomic E-state index is -3.41. The van der Waals surface area contributed by atoms with Crippen molar-refractivity contribution in [3.8, 4) is 16.5 Å². The van der Waals surface area contributed by atoms with Crippen LogP contribution in [-0.2, 0) is 10.0 Å². The monoisotopic (exact) mass is 557 g/mol. The van der Waals surface area contributed by atoms with Gasteiger partial charge in [0.1, 0.15) is 5.69 Å². The number of ether oxygens (including phenoxy) is 1. The number of sulfonamides is 1. The molecule has 0 radical (unpaired) electrons. The van der Waals surface area contributed by atoms with E-state index in [4.69, 9.17) is 4.74 Å². The largest absolute Gasteiger partial charge is 0.477 e. The Morgan fingerprint density at radius 2 is 2.08 bits per heavy atom. The molecule has 1 amide bonds. The third kappa shape index (κ3) is 6.63. The summed E-state index contributed by atoms with van der Waals surface area (Å²) < 4.78 is 33.0. The summed E-state index contributed by atoms with van der Waals surface area (Å²) in [6.07, 6.45) is 11.5. The van der Waals surface area contributed by atoms with E-state index in [1.54, 1.807) is 30.7 Å². The number of hydrogen-bond acceptors (Lipinski definition) is 10. The van der Waals surface area contributed by atoms with Crippen LogP contribution in [0.25, 0.3) is 10.6 Å². The number of aromatic nitrogens is 4. The number of amides is 1. The summed E-state index contributed by atoms with van der Waals surface area (Å²) in [4.78, 5) is 31.4. The van der Waals surface area contributed by atoms with Crippen molar-refractivity contribution in [3.05, 3.63) is 47.6 Å². The molecule has 38 heavy (non-hydrogen) atoms. The van der Waals surface area contributed by atoms with E-state index < -0.39 is 16.1 Å². The molecule has 3 aromatic rings. The molecule has 2 atom stereocenters. The maximum absolute atomic E-state index is 13.3. The Hall–Kier alpha value is -3.16. The van der Waals surface area contributed by atoms with Crippen LogP contribution in [-0.4, -0.2) is 58.7 Å². The first-order valence-electron chi connectivity index (χ1n) is 12.8. The van der Waals surface area contributed by atoms with Crippen molar-refractivity contribution in [2.75, 3.05) is 17.9 Å². The standard InChI is InChI=1S/C25H31N7O4S2/c1-2-36-23-15-26-13-21(30-23)22-14-29-25(37-22)24(33)31-20(11-16-5-3-4-9-27-16)19-12-17(8-10-28-19)32-38(34,35)18-6-7-18/h8,10,12-16,18,20,27H,2-7,9,11H2,1H3,(H,28,32)(H,31,33)/t16-,20+/m0/s1. The summed E-state index contributed by atoms with van der Waals surface area (Å²) in [5, 5.41) is 6.56. The predicted octanol–water partition coefficient (Wildman–Crippen LogP) is 3.30. The highest BCUT2D eigenvalue weighted by atomic mass is 32.2. The zero-order chi connectivity index (χ0) is 26.5. The van der Waals surface area contributed by atoms with E-state index in [0.29, 0.717) is 53.7 Å². The van der Waals surface area contributed by atoms with Crippen LogP contribution in [0.2, 0.25) is 0 Å². The average Bonchev–Trinajstić information content (AvgIpc) is 3.67. The van der Waals surface area contributed by atoms with Crippen molar-refractivity contribution in [1.82, 2.24) is 30.6 Å². The SMILES string of the molecule is CCOc1cncc(-c2cnc(C(=O)N[C@H](C[C@@H]3CCCCN3)c3cc(NS(=O)(=O)C4CC4)ccn3)s2)n1. The van der Waals surface area contributed by atoms with Gasteiger partial charge in [0, 0.05) is 18.4 Å². The highest BCUT2D eigenvalue weighted by Gasteiger charge is 2.36. The highest BCUT2D eigenvalue weighted by Crippen LogP contribution is 2.31. The second-order valence-corrected chi connectivity index (χ2v) is 12.4. The highest BCUT2D eigenvalue weighted by molar-refractivity contribution is 7.93. The molecule has 3 aromatic heterocycles. The van der Waals surface area contributed by atoms with Crippen molar-refractivity contribution in [1.29, 1.82) is 0 Å². The van der Waals surface area contributed by atoms with E-state index in [1.165, 1.54) is 17.5 Å². The van der Waals surface area contributed by atoms with Gasteiger partial charge in [-0.05, 0) is 57.7 Å². The Labute approximate surface area is 225 Å². The molecule has 1 saturated heterocycles. The Morgan fingerprint density at radius 3 is 2.84 bits per heavy atom. The quantitative estimate of drug-likeness (QED) is 0.323. The van der Waals surface area contributed by atoms with Crippen LogP contribution < -0.4 is 20.1 Å². The molecular formula is C25H31N7O4S2. The summed E-state index contributed by atoms with van der Waals surface area (Å²) in [6.45, 7) is 3.27. The van der Waals surface area contributed by atoms with Crippen molar-refractivity contribution < 1.29 is 17.9 Å². The average molecular weight is 558 g/mol.